The van der Waals surface area contributed by atoms with Crippen LogP contribution in [0.2, 0.25) is 0 Å². The molecule has 0 aliphatic rings. The molecule has 0 saturated heterocycles. The van der Waals surface area contributed by atoms with Gasteiger partial charge in [-0.05, 0) is 38.0 Å². The van der Waals surface area contributed by atoms with E-state index in [1.165, 1.54) is 6.92 Å². The van der Waals surface area contributed by atoms with E-state index in [1.54, 1.807) is 19.1 Å². The first-order chi connectivity index (χ1) is 8.18. The molecule has 0 bridgehead atoms. The summed E-state index contributed by atoms with van der Waals surface area (Å²) in [4.78, 5) is 0.191. The van der Waals surface area contributed by atoms with E-state index in [1.807, 2.05) is 13.0 Å². The lowest BCUT2D eigenvalue weighted by Crippen LogP contribution is -2.43. The van der Waals surface area contributed by atoms with Crippen LogP contribution in [0.15, 0.2) is 23.1 Å². The Hall–Kier alpha value is -0.950. The zero-order chi connectivity index (χ0) is 14.0. The van der Waals surface area contributed by atoms with Crippen molar-refractivity contribution in [1.29, 1.82) is 0 Å². The predicted octanol–water partition coefficient (Wildman–Crippen LogP) is 0.325. The van der Waals surface area contributed by atoms with Crippen LogP contribution in [0.25, 0.3) is 0 Å². The van der Waals surface area contributed by atoms with Crippen LogP contribution in [0.4, 0.5) is 0 Å². The standard InChI is InChI=1S/C12H19NO4S/c1-9-4-5-10(2)11(6-9)18(16,17)13-7-12(3,15)8-14/h4-6,13-15H,7-8H2,1-3H3. The molecule has 1 atom stereocenters. The predicted molar refractivity (Wildman–Crippen MR) is 68.8 cm³/mol. The summed E-state index contributed by atoms with van der Waals surface area (Å²) in [5, 5.41) is 18.5. The van der Waals surface area contributed by atoms with Crippen molar-refractivity contribution < 1.29 is 18.6 Å². The van der Waals surface area contributed by atoms with Gasteiger partial charge in [0.1, 0.15) is 0 Å². The fourth-order valence-electron chi connectivity index (χ4n) is 1.38. The van der Waals surface area contributed by atoms with Crippen molar-refractivity contribution in [3.8, 4) is 0 Å². The van der Waals surface area contributed by atoms with E-state index in [9.17, 15) is 13.5 Å². The molecule has 5 nitrogen and oxygen atoms in total. The van der Waals surface area contributed by atoms with Gasteiger partial charge in [0, 0.05) is 6.54 Å². The Morgan fingerprint density at radius 2 is 1.94 bits per heavy atom. The minimum atomic E-state index is -3.68. The van der Waals surface area contributed by atoms with Gasteiger partial charge in [-0.1, -0.05) is 12.1 Å². The third-order valence-corrected chi connectivity index (χ3v) is 4.16. The molecule has 0 heterocycles. The fraction of sp³-hybridized carbons (Fsp3) is 0.500. The second-order valence-electron chi connectivity index (χ2n) is 4.75. The largest absolute Gasteiger partial charge is 0.393 e. The number of aliphatic hydroxyl groups excluding tert-OH is 1. The molecule has 6 heteroatoms. The van der Waals surface area contributed by atoms with Gasteiger partial charge in [0.2, 0.25) is 10.0 Å². The van der Waals surface area contributed by atoms with E-state index in [4.69, 9.17) is 5.11 Å². The van der Waals surface area contributed by atoms with Crippen molar-refractivity contribution in [3.63, 3.8) is 0 Å². The molecule has 0 fully saturated rings. The Kier molecular flexibility index (Phi) is 4.50. The third kappa shape index (κ3) is 3.78. The number of benzene rings is 1. The minimum Gasteiger partial charge on any atom is -0.393 e. The SMILES string of the molecule is Cc1ccc(C)c(S(=O)(=O)NCC(C)(O)CO)c1. The van der Waals surface area contributed by atoms with E-state index >= 15 is 0 Å². The van der Waals surface area contributed by atoms with Gasteiger partial charge in [0.05, 0.1) is 17.1 Å². The van der Waals surface area contributed by atoms with Gasteiger partial charge in [-0.3, -0.25) is 0 Å². The average molecular weight is 273 g/mol. The monoisotopic (exact) mass is 273 g/mol. The molecule has 3 N–H and O–H groups in total. The zero-order valence-electron chi connectivity index (χ0n) is 10.8. The zero-order valence-corrected chi connectivity index (χ0v) is 11.6. The first kappa shape index (κ1) is 15.1. The molecule has 1 unspecified atom stereocenters. The molecule has 0 amide bonds. The van der Waals surface area contributed by atoms with E-state index in [0.29, 0.717) is 5.56 Å². The Morgan fingerprint density at radius 3 is 2.50 bits per heavy atom. The summed E-state index contributed by atoms with van der Waals surface area (Å²) in [5.41, 5.74) is 0.0109. The Balaban J connectivity index is 2.97. The highest BCUT2D eigenvalue weighted by Gasteiger charge is 2.24. The topological polar surface area (TPSA) is 86.6 Å². The number of sulfonamides is 1. The van der Waals surface area contributed by atoms with Crippen LogP contribution >= 0.6 is 0 Å². The van der Waals surface area contributed by atoms with Gasteiger partial charge in [0.25, 0.3) is 0 Å². The number of aryl methyl sites for hydroxylation is 2. The molecule has 0 radical (unpaired) electrons. The second kappa shape index (κ2) is 5.36. The smallest absolute Gasteiger partial charge is 0.240 e. The summed E-state index contributed by atoms with van der Waals surface area (Å²) in [6, 6.07) is 5.14. The normalized spacial score (nSPS) is 15.4. The maximum atomic E-state index is 12.1. The molecular formula is C12H19NO4S. The summed E-state index contributed by atoms with van der Waals surface area (Å²) in [6.07, 6.45) is 0. The quantitative estimate of drug-likeness (QED) is 0.721. The summed E-state index contributed by atoms with van der Waals surface area (Å²) in [5.74, 6) is 0. The summed E-state index contributed by atoms with van der Waals surface area (Å²) in [6.45, 7) is 4.13. The van der Waals surface area contributed by atoms with Crippen LogP contribution in [0.1, 0.15) is 18.1 Å². The van der Waals surface area contributed by atoms with Gasteiger partial charge >= 0.3 is 0 Å². The third-order valence-electron chi connectivity index (χ3n) is 2.62. The van der Waals surface area contributed by atoms with Crippen molar-refractivity contribution in [2.75, 3.05) is 13.2 Å². The molecule has 0 saturated carbocycles. The van der Waals surface area contributed by atoms with Crippen molar-refractivity contribution in [1.82, 2.24) is 4.72 Å². The van der Waals surface area contributed by atoms with Crippen LogP contribution < -0.4 is 4.72 Å². The Morgan fingerprint density at radius 1 is 1.33 bits per heavy atom. The molecule has 0 aromatic heterocycles. The number of hydrogen-bond donors (Lipinski definition) is 3. The highest BCUT2D eigenvalue weighted by molar-refractivity contribution is 7.89. The molecule has 1 aromatic carbocycles. The number of hydrogen-bond acceptors (Lipinski definition) is 4. The number of nitrogens with one attached hydrogen (secondary N) is 1. The highest BCUT2D eigenvalue weighted by atomic mass is 32.2. The van der Waals surface area contributed by atoms with Gasteiger partial charge in [-0.2, -0.15) is 0 Å². The van der Waals surface area contributed by atoms with Crippen LogP contribution in [-0.2, 0) is 10.0 Å². The van der Waals surface area contributed by atoms with E-state index in [-0.39, 0.29) is 11.4 Å². The molecule has 18 heavy (non-hydrogen) atoms. The lowest BCUT2D eigenvalue weighted by Gasteiger charge is -2.21. The summed E-state index contributed by atoms with van der Waals surface area (Å²) in [7, 11) is -3.68. The first-order valence-electron chi connectivity index (χ1n) is 5.58. The van der Waals surface area contributed by atoms with Gasteiger partial charge in [-0.15, -0.1) is 0 Å². The van der Waals surface area contributed by atoms with E-state index < -0.39 is 22.2 Å². The average Bonchev–Trinajstić information content (AvgIpc) is 2.30. The molecule has 0 spiro atoms. The molecule has 0 aliphatic heterocycles. The van der Waals surface area contributed by atoms with Gasteiger partial charge < -0.3 is 10.2 Å². The van der Waals surface area contributed by atoms with E-state index in [2.05, 4.69) is 4.72 Å². The lowest BCUT2D eigenvalue weighted by molar-refractivity contribution is 0.00681. The molecule has 1 aromatic rings. The van der Waals surface area contributed by atoms with Crippen molar-refractivity contribution in [3.05, 3.63) is 29.3 Å². The maximum Gasteiger partial charge on any atom is 0.240 e. The Bertz CT molecular complexity index is 523. The maximum absolute atomic E-state index is 12.1. The minimum absolute atomic E-state index is 0.191. The highest BCUT2D eigenvalue weighted by Crippen LogP contribution is 2.16. The Labute approximate surface area is 108 Å². The van der Waals surface area contributed by atoms with Crippen LogP contribution in [0, 0.1) is 13.8 Å². The number of aliphatic hydroxyl groups is 2. The first-order valence-corrected chi connectivity index (χ1v) is 7.06. The molecule has 1 rings (SSSR count). The van der Waals surface area contributed by atoms with E-state index in [0.717, 1.165) is 5.56 Å². The molecular weight excluding hydrogens is 254 g/mol. The van der Waals surface area contributed by atoms with Crippen molar-refractivity contribution >= 4 is 10.0 Å². The molecule has 102 valence electrons. The van der Waals surface area contributed by atoms with Crippen molar-refractivity contribution in [2.24, 2.45) is 0 Å². The summed E-state index contributed by atoms with van der Waals surface area (Å²) < 4.78 is 26.4. The van der Waals surface area contributed by atoms with Crippen LogP contribution in [0.5, 0.6) is 0 Å². The van der Waals surface area contributed by atoms with Crippen LogP contribution in [0.3, 0.4) is 0 Å². The summed E-state index contributed by atoms with van der Waals surface area (Å²) >= 11 is 0. The number of rotatable bonds is 5. The van der Waals surface area contributed by atoms with Crippen molar-refractivity contribution in [2.45, 2.75) is 31.3 Å². The fourth-order valence-corrected chi connectivity index (χ4v) is 2.87. The molecule has 0 aliphatic carbocycles. The lowest BCUT2D eigenvalue weighted by atomic mass is 10.1. The van der Waals surface area contributed by atoms with Gasteiger partial charge in [0.15, 0.2) is 0 Å². The second-order valence-corrected chi connectivity index (χ2v) is 6.48. The van der Waals surface area contributed by atoms with Crippen LogP contribution in [-0.4, -0.2) is 37.4 Å². The van der Waals surface area contributed by atoms with Gasteiger partial charge in [-0.25, -0.2) is 13.1 Å².